The van der Waals surface area contributed by atoms with Crippen molar-refractivity contribution in [3.63, 3.8) is 0 Å². The SMILES string of the molecule is CCNC(C)c1ccc(N(C)C2CCC2)cc1Cl. The fourth-order valence-corrected chi connectivity index (χ4v) is 2.83. The predicted molar refractivity (Wildman–Crippen MR) is 79.6 cm³/mol. The molecule has 0 spiro atoms. The second-order valence-corrected chi connectivity index (χ2v) is 5.59. The summed E-state index contributed by atoms with van der Waals surface area (Å²) in [5, 5.41) is 4.27. The van der Waals surface area contributed by atoms with Crippen LogP contribution in [0.2, 0.25) is 5.02 Å². The minimum atomic E-state index is 0.311. The quantitative estimate of drug-likeness (QED) is 0.867. The van der Waals surface area contributed by atoms with Crippen LogP contribution in [0.25, 0.3) is 0 Å². The Morgan fingerprint density at radius 2 is 2.17 bits per heavy atom. The Morgan fingerprint density at radius 3 is 2.67 bits per heavy atom. The third-order valence-electron chi connectivity index (χ3n) is 3.99. The van der Waals surface area contributed by atoms with E-state index < -0.39 is 0 Å². The summed E-state index contributed by atoms with van der Waals surface area (Å²) in [5.41, 5.74) is 2.42. The molecular weight excluding hydrogens is 244 g/mol. The maximum absolute atomic E-state index is 6.40. The van der Waals surface area contributed by atoms with Crippen LogP contribution < -0.4 is 10.2 Å². The van der Waals surface area contributed by atoms with Gasteiger partial charge in [0.25, 0.3) is 0 Å². The van der Waals surface area contributed by atoms with Crippen molar-refractivity contribution in [2.24, 2.45) is 0 Å². The summed E-state index contributed by atoms with van der Waals surface area (Å²) in [5.74, 6) is 0. The van der Waals surface area contributed by atoms with Gasteiger partial charge in [-0.3, -0.25) is 0 Å². The molecule has 1 fully saturated rings. The molecule has 0 bridgehead atoms. The van der Waals surface area contributed by atoms with Gasteiger partial charge in [-0.25, -0.2) is 0 Å². The highest BCUT2D eigenvalue weighted by Crippen LogP contribution is 2.32. The largest absolute Gasteiger partial charge is 0.372 e. The topological polar surface area (TPSA) is 15.3 Å². The maximum atomic E-state index is 6.40. The summed E-state index contributed by atoms with van der Waals surface area (Å²) in [7, 11) is 2.17. The molecule has 0 aromatic heterocycles. The molecule has 2 rings (SSSR count). The minimum absolute atomic E-state index is 0.311. The van der Waals surface area contributed by atoms with E-state index in [1.54, 1.807) is 0 Å². The van der Waals surface area contributed by atoms with Gasteiger partial charge < -0.3 is 10.2 Å². The third kappa shape index (κ3) is 2.81. The van der Waals surface area contributed by atoms with E-state index in [0.717, 1.165) is 11.6 Å². The molecule has 0 saturated heterocycles. The van der Waals surface area contributed by atoms with Gasteiger partial charge in [0.2, 0.25) is 0 Å². The zero-order valence-corrected chi connectivity index (χ0v) is 12.3. The van der Waals surface area contributed by atoms with Crippen molar-refractivity contribution in [1.29, 1.82) is 0 Å². The van der Waals surface area contributed by atoms with Gasteiger partial charge in [-0.1, -0.05) is 24.6 Å². The van der Waals surface area contributed by atoms with Crippen molar-refractivity contribution in [3.8, 4) is 0 Å². The number of halogens is 1. The third-order valence-corrected chi connectivity index (χ3v) is 4.32. The molecule has 1 aromatic carbocycles. The number of hydrogen-bond donors (Lipinski definition) is 1. The number of hydrogen-bond acceptors (Lipinski definition) is 2. The van der Waals surface area contributed by atoms with Gasteiger partial charge in [0, 0.05) is 29.8 Å². The Balaban J connectivity index is 2.13. The first-order valence-electron chi connectivity index (χ1n) is 6.89. The number of benzene rings is 1. The maximum Gasteiger partial charge on any atom is 0.0474 e. The van der Waals surface area contributed by atoms with Crippen LogP contribution >= 0.6 is 11.6 Å². The molecule has 0 amide bonds. The Labute approximate surface area is 115 Å². The zero-order chi connectivity index (χ0) is 13.1. The Bertz CT molecular complexity index is 401. The lowest BCUT2D eigenvalue weighted by Crippen LogP contribution is -2.37. The Kier molecular flexibility index (Phi) is 4.52. The van der Waals surface area contributed by atoms with E-state index in [-0.39, 0.29) is 0 Å². The van der Waals surface area contributed by atoms with E-state index in [9.17, 15) is 0 Å². The van der Waals surface area contributed by atoms with Crippen LogP contribution in [0.1, 0.15) is 44.7 Å². The van der Waals surface area contributed by atoms with Crippen molar-refractivity contribution >= 4 is 17.3 Å². The van der Waals surface area contributed by atoms with Gasteiger partial charge in [-0.05, 0) is 50.4 Å². The van der Waals surface area contributed by atoms with E-state index in [2.05, 4.69) is 49.3 Å². The molecule has 1 N–H and O–H groups in total. The number of rotatable bonds is 5. The van der Waals surface area contributed by atoms with E-state index in [0.29, 0.717) is 12.1 Å². The van der Waals surface area contributed by atoms with Crippen LogP contribution in [0.3, 0.4) is 0 Å². The molecule has 18 heavy (non-hydrogen) atoms. The number of nitrogens with zero attached hydrogens (tertiary/aromatic N) is 1. The molecule has 100 valence electrons. The molecule has 1 aromatic rings. The predicted octanol–water partition coefficient (Wildman–Crippen LogP) is 4.00. The highest BCUT2D eigenvalue weighted by Gasteiger charge is 2.22. The summed E-state index contributed by atoms with van der Waals surface area (Å²) < 4.78 is 0. The van der Waals surface area contributed by atoms with Crippen LogP contribution in [0.15, 0.2) is 18.2 Å². The highest BCUT2D eigenvalue weighted by atomic mass is 35.5. The fraction of sp³-hybridized carbons (Fsp3) is 0.600. The first kappa shape index (κ1) is 13.7. The van der Waals surface area contributed by atoms with Crippen LogP contribution in [0, 0.1) is 0 Å². The van der Waals surface area contributed by atoms with Crippen molar-refractivity contribution in [2.75, 3.05) is 18.5 Å². The van der Waals surface area contributed by atoms with E-state index >= 15 is 0 Å². The number of nitrogens with one attached hydrogen (secondary N) is 1. The lowest BCUT2D eigenvalue weighted by atomic mass is 9.91. The summed E-state index contributed by atoms with van der Waals surface area (Å²) in [6.07, 6.45) is 3.98. The molecule has 1 unspecified atom stereocenters. The Hall–Kier alpha value is -0.730. The van der Waals surface area contributed by atoms with Crippen molar-refractivity contribution in [3.05, 3.63) is 28.8 Å². The van der Waals surface area contributed by atoms with Crippen LogP contribution in [0.5, 0.6) is 0 Å². The van der Waals surface area contributed by atoms with Crippen LogP contribution in [-0.4, -0.2) is 19.6 Å². The minimum Gasteiger partial charge on any atom is -0.372 e. The lowest BCUT2D eigenvalue weighted by Gasteiger charge is -2.36. The molecule has 0 heterocycles. The molecule has 3 heteroatoms. The molecule has 1 atom stereocenters. The summed E-state index contributed by atoms with van der Waals surface area (Å²) in [4.78, 5) is 2.36. The van der Waals surface area contributed by atoms with Gasteiger partial charge in [0.1, 0.15) is 0 Å². The standard InChI is InChI=1S/C15H23ClN2/c1-4-17-11(2)14-9-8-13(10-15(14)16)18(3)12-6-5-7-12/h8-12,17H,4-7H2,1-3H3. The number of anilines is 1. The highest BCUT2D eigenvalue weighted by molar-refractivity contribution is 6.31. The monoisotopic (exact) mass is 266 g/mol. The van der Waals surface area contributed by atoms with Gasteiger partial charge in [-0.2, -0.15) is 0 Å². The van der Waals surface area contributed by atoms with Crippen molar-refractivity contribution in [1.82, 2.24) is 5.32 Å². The molecular formula is C15H23ClN2. The van der Waals surface area contributed by atoms with Gasteiger partial charge in [0.05, 0.1) is 0 Å². The summed E-state index contributed by atoms with van der Waals surface area (Å²) in [6.45, 7) is 5.23. The molecule has 1 aliphatic rings. The fourth-order valence-electron chi connectivity index (χ4n) is 2.49. The summed E-state index contributed by atoms with van der Waals surface area (Å²) in [6, 6.07) is 7.46. The first-order valence-corrected chi connectivity index (χ1v) is 7.27. The molecule has 0 radical (unpaired) electrons. The second-order valence-electron chi connectivity index (χ2n) is 5.18. The van der Waals surface area contributed by atoms with Gasteiger partial charge in [0.15, 0.2) is 0 Å². The molecule has 0 aliphatic heterocycles. The average Bonchev–Trinajstić information content (AvgIpc) is 2.26. The smallest absolute Gasteiger partial charge is 0.0474 e. The van der Waals surface area contributed by atoms with Crippen molar-refractivity contribution < 1.29 is 0 Å². The van der Waals surface area contributed by atoms with Crippen molar-refractivity contribution in [2.45, 2.75) is 45.2 Å². The Morgan fingerprint density at radius 1 is 1.44 bits per heavy atom. The average molecular weight is 267 g/mol. The van der Waals surface area contributed by atoms with E-state index in [4.69, 9.17) is 11.6 Å². The van der Waals surface area contributed by atoms with Gasteiger partial charge in [-0.15, -0.1) is 0 Å². The summed E-state index contributed by atoms with van der Waals surface area (Å²) >= 11 is 6.40. The van der Waals surface area contributed by atoms with E-state index in [1.165, 1.54) is 30.5 Å². The van der Waals surface area contributed by atoms with Crippen LogP contribution in [0.4, 0.5) is 5.69 Å². The van der Waals surface area contributed by atoms with Gasteiger partial charge >= 0.3 is 0 Å². The van der Waals surface area contributed by atoms with E-state index in [1.807, 2.05) is 0 Å². The molecule has 2 nitrogen and oxygen atoms in total. The molecule has 1 aliphatic carbocycles. The zero-order valence-electron chi connectivity index (χ0n) is 11.5. The van der Waals surface area contributed by atoms with Crippen LogP contribution in [-0.2, 0) is 0 Å². The normalized spacial score (nSPS) is 17.3. The molecule has 1 saturated carbocycles. The second kappa shape index (κ2) is 5.94. The lowest BCUT2D eigenvalue weighted by molar-refractivity contribution is 0.401. The first-order chi connectivity index (χ1) is 8.63.